The topological polar surface area (TPSA) is 59.0 Å². The summed E-state index contributed by atoms with van der Waals surface area (Å²) in [5.74, 6) is -0.0957. The second-order valence-corrected chi connectivity index (χ2v) is 7.73. The second kappa shape index (κ2) is 7.09. The molecule has 0 bridgehead atoms. The van der Waals surface area contributed by atoms with E-state index in [1.165, 1.54) is 0 Å². The lowest BCUT2D eigenvalue weighted by molar-refractivity contribution is 0.0946. The highest BCUT2D eigenvalue weighted by molar-refractivity contribution is 9.10. The molecule has 5 nitrogen and oxygen atoms in total. The lowest BCUT2D eigenvalue weighted by Gasteiger charge is -2.07. The highest BCUT2D eigenvalue weighted by atomic mass is 79.9. The third kappa shape index (κ3) is 3.08. The van der Waals surface area contributed by atoms with E-state index in [0.29, 0.717) is 18.8 Å². The molecule has 0 radical (unpaired) electrons. The summed E-state index contributed by atoms with van der Waals surface area (Å²) in [5, 5.41) is 8.14. The van der Waals surface area contributed by atoms with Crippen LogP contribution in [0.3, 0.4) is 0 Å². The quantitative estimate of drug-likeness (QED) is 0.463. The fourth-order valence-electron chi connectivity index (χ4n) is 2.98. The number of carbonyl (C=O) groups is 1. The molecule has 0 aliphatic heterocycles. The first kappa shape index (κ1) is 17.1. The monoisotopic (exact) mass is 428 g/mol. The summed E-state index contributed by atoms with van der Waals surface area (Å²) in [7, 11) is 1.90. The highest BCUT2D eigenvalue weighted by Gasteiger charge is 2.18. The maximum atomic E-state index is 12.6. The molecule has 2 N–H and O–H groups in total. The Hall–Kier alpha value is -2.38. The molecular formula is C19H17BrN4OS. The van der Waals surface area contributed by atoms with Crippen molar-refractivity contribution in [1.29, 1.82) is 0 Å². The van der Waals surface area contributed by atoms with Gasteiger partial charge in [-0.05, 0) is 34.1 Å². The number of thiazole rings is 1. The summed E-state index contributed by atoms with van der Waals surface area (Å²) in [6.45, 7) is 1.13. The molecule has 4 rings (SSSR count). The molecule has 2 aromatic heterocycles. The van der Waals surface area contributed by atoms with E-state index in [9.17, 15) is 4.79 Å². The second-order valence-electron chi connectivity index (χ2n) is 5.91. The number of amides is 1. The Morgan fingerprint density at radius 1 is 1.15 bits per heavy atom. The number of benzene rings is 2. The lowest BCUT2D eigenvalue weighted by atomic mass is 10.2. The molecule has 0 saturated carbocycles. The van der Waals surface area contributed by atoms with Gasteiger partial charge in [0, 0.05) is 31.0 Å². The number of para-hydroxylation sites is 2. The molecule has 0 spiro atoms. The fourth-order valence-corrected chi connectivity index (χ4v) is 4.65. The number of nitrogens with one attached hydrogen (secondary N) is 2. The van der Waals surface area contributed by atoms with Gasteiger partial charge in [0.1, 0.15) is 5.69 Å². The van der Waals surface area contributed by atoms with E-state index in [4.69, 9.17) is 0 Å². The van der Waals surface area contributed by atoms with Gasteiger partial charge in [0.25, 0.3) is 5.91 Å². The van der Waals surface area contributed by atoms with Crippen molar-refractivity contribution in [2.45, 2.75) is 0 Å². The number of hydrogen-bond donors (Lipinski definition) is 2. The van der Waals surface area contributed by atoms with Crippen molar-refractivity contribution >= 4 is 59.4 Å². The zero-order valence-electron chi connectivity index (χ0n) is 14.1. The van der Waals surface area contributed by atoms with Crippen LogP contribution in [0.15, 0.2) is 53.0 Å². The Labute approximate surface area is 163 Å². The Balaban J connectivity index is 1.40. The molecule has 1 amide bonds. The molecule has 0 unspecified atom stereocenters. The fraction of sp³-hybridized carbons (Fsp3) is 0.158. The Bertz CT molecular complexity index is 1030. The summed E-state index contributed by atoms with van der Waals surface area (Å²) in [4.78, 5) is 17.1. The Morgan fingerprint density at radius 3 is 2.73 bits per heavy atom. The molecule has 0 saturated heterocycles. The number of fused-ring (bicyclic) bond motifs is 2. The van der Waals surface area contributed by atoms with Gasteiger partial charge in [0.2, 0.25) is 0 Å². The van der Waals surface area contributed by atoms with Crippen molar-refractivity contribution in [2.24, 2.45) is 7.05 Å². The molecule has 0 aliphatic carbocycles. The van der Waals surface area contributed by atoms with Crippen molar-refractivity contribution in [3.05, 3.63) is 58.7 Å². The van der Waals surface area contributed by atoms with Gasteiger partial charge in [-0.2, -0.15) is 0 Å². The Morgan fingerprint density at radius 2 is 1.92 bits per heavy atom. The molecule has 7 heteroatoms. The molecule has 2 heterocycles. The maximum absolute atomic E-state index is 12.6. The third-order valence-electron chi connectivity index (χ3n) is 4.24. The number of halogens is 1. The SMILES string of the molecule is Cn1c(C(=O)NCCNc2nc3ccccc3s2)c(Br)c2ccccc21. The highest BCUT2D eigenvalue weighted by Crippen LogP contribution is 2.30. The smallest absolute Gasteiger partial charge is 0.269 e. The van der Waals surface area contributed by atoms with Crippen molar-refractivity contribution in [1.82, 2.24) is 14.9 Å². The van der Waals surface area contributed by atoms with Gasteiger partial charge in [0.15, 0.2) is 5.13 Å². The number of hydrogen-bond acceptors (Lipinski definition) is 4. The number of aryl methyl sites for hydroxylation is 1. The lowest BCUT2D eigenvalue weighted by Crippen LogP contribution is -2.30. The Kier molecular flexibility index (Phi) is 4.65. The standard InChI is InChI=1S/C19H17BrN4OS/c1-24-14-8-4-2-6-12(14)16(20)17(24)18(25)21-10-11-22-19-23-13-7-3-5-9-15(13)26-19/h2-9H,10-11H2,1H3,(H,21,25)(H,22,23). The van der Waals surface area contributed by atoms with E-state index in [2.05, 4.69) is 37.6 Å². The summed E-state index contributed by atoms with van der Waals surface area (Å²) in [6.07, 6.45) is 0. The van der Waals surface area contributed by atoms with E-state index in [-0.39, 0.29) is 5.91 Å². The molecule has 132 valence electrons. The van der Waals surface area contributed by atoms with Gasteiger partial charge in [-0.25, -0.2) is 4.98 Å². The average molecular weight is 429 g/mol. The summed E-state index contributed by atoms with van der Waals surface area (Å²) >= 11 is 5.18. The van der Waals surface area contributed by atoms with Crippen molar-refractivity contribution in [3.8, 4) is 0 Å². The maximum Gasteiger partial charge on any atom is 0.269 e. The van der Waals surface area contributed by atoms with Crippen LogP contribution in [0, 0.1) is 0 Å². The van der Waals surface area contributed by atoms with Crippen LogP contribution in [-0.4, -0.2) is 28.5 Å². The predicted octanol–water partition coefficient (Wildman–Crippen LogP) is 4.39. The number of aromatic nitrogens is 2. The number of carbonyl (C=O) groups excluding carboxylic acids is 1. The molecule has 26 heavy (non-hydrogen) atoms. The molecule has 4 aromatic rings. The molecule has 2 aromatic carbocycles. The average Bonchev–Trinajstić information content (AvgIpc) is 3.18. The van der Waals surface area contributed by atoms with Crippen LogP contribution in [0.1, 0.15) is 10.5 Å². The van der Waals surface area contributed by atoms with Crippen LogP contribution < -0.4 is 10.6 Å². The predicted molar refractivity (Wildman–Crippen MR) is 111 cm³/mol. The van der Waals surface area contributed by atoms with Gasteiger partial charge in [-0.15, -0.1) is 0 Å². The minimum absolute atomic E-state index is 0.0957. The van der Waals surface area contributed by atoms with Crippen LogP contribution in [0.25, 0.3) is 21.1 Å². The van der Waals surface area contributed by atoms with E-state index in [1.807, 2.05) is 54.1 Å². The van der Waals surface area contributed by atoms with Gasteiger partial charge in [-0.3, -0.25) is 4.79 Å². The van der Waals surface area contributed by atoms with Crippen LogP contribution in [0.5, 0.6) is 0 Å². The minimum atomic E-state index is -0.0957. The van der Waals surface area contributed by atoms with Crippen molar-refractivity contribution in [3.63, 3.8) is 0 Å². The number of rotatable bonds is 5. The molecule has 0 atom stereocenters. The van der Waals surface area contributed by atoms with Gasteiger partial charge in [0.05, 0.1) is 14.7 Å². The van der Waals surface area contributed by atoms with Crippen LogP contribution in [0.4, 0.5) is 5.13 Å². The first-order valence-corrected chi connectivity index (χ1v) is 9.86. The van der Waals surface area contributed by atoms with E-state index < -0.39 is 0 Å². The number of nitrogens with zero attached hydrogens (tertiary/aromatic N) is 2. The minimum Gasteiger partial charge on any atom is -0.360 e. The molecule has 0 fully saturated rings. The normalized spacial score (nSPS) is 11.2. The third-order valence-corrected chi connectivity index (χ3v) is 6.04. The van der Waals surface area contributed by atoms with E-state index in [1.54, 1.807) is 11.3 Å². The largest absolute Gasteiger partial charge is 0.360 e. The van der Waals surface area contributed by atoms with Gasteiger partial charge in [-0.1, -0.05) is 41.7 Å². The van der Waals surface area contributed by atoms with Gasteiger partial charge < -0.3 is 15.2 Å². The first-order valence-electron chi connectivity index (χ1n) is 8.25. The summed E-state index contributed by atoms with van der Waals surface area (Å²) in [6, 6.07) is 16.0. The van der Waals surface area contributed by atoms with Crippen LogP contribution in [0.2, 0.25) is 0 Å². The first-order chi connectivity index (χ1) is 12.6. The summed E-state index contributed by atoms with van der Waals surface area (Å²) in [5.41, 5.74) is 2.65. The van der Waals surface area contributed by atoms with E-state index in [0.717, 1.165) is 30.7 Å². The molecular weight excluding hydrogens is 412 g/mol. The zero-order valence-corrected chi connectivity index (χ0v) is 16.5. The zero-order chi connectivity index (χ0) is 18.1. The molecule has 0 aliphatic rings. The van der Waals surface area contributed by atoms with Crippen LogP contribution >= 0.6 is 27.3 Å². The van der Waals surface area contributed by atoms with Crippen molar-refractivity contribution < 1.29 is 4.79 Å². The number of anilines is 1. The van der Waals surface area contributed by atoms with E-state index >= 15 is 0 Å². The van der Waals surface area contributed by atoms with Gasteiger partial charge >= 0.3 is 0 Å². The van der Waals surface area contributed by atoms with Crippen molar-refractivity contribution in [2.75, 3.05) is 18.4 Å². The summed E-state index contributed by atoms with van der Waals surface area (Å²) < 4.78 is 3.89. The van der Waals surface area contributed by atoms with Crippen LogP contribution in [-0.2, 0) is 7.05 Å².